The summed E-state index contributed by atoms with van der Waals surface area (Å²) in [5, 5.41) is 3.02. The van der Waals surface area contributed by atoms with Crippen molar-refractivity contribution < 1.29 is 13.2 Å². The summed E-state index contributed by atoms with van der Waals surface area (Å²) in [6, 6.07) is 9.52. The van der Waals surface area contributed by atoms with Gasteiger partial charge in [-0.1, -0.05) is 6.07 Å². The Morgan fingerprint density at radius 1 is 1.00 bits per heavy atom. The van der Waals surface area contributed by atoms with Gasteiger partial charge in [-0.2, -0.15) is 0 Å². The van der Waals surface area contributed by atoms with E-state index in [1.807, 2.05) is 24.3 Å². The van der Waals surface area contributed by atoms with Gasteiger partial charge in [0.15, 0.2) is 17.5 Å². The molecule has 0 saturated heterocycles. The maximum Gasteiger partial charge on any atom is 0.194 e. The molecule has 0 aromatic heterocycles. The molecule has 0 amide bonds. The first kappa shape index (κ1) is 13.2. The van der Waals surface area contributed by atoms with Crippen LogP contribution in [-0.2, 0) is 6.54 Å². The highest BCUT2D eigenvalue weighted by atomic mass is 127. The van der Waals surface area contributed by atoms with Crippen LogP contribution in [-0.4, -0.2) is 0 Å². The van der Waals surface area contributed by atoms with Crippen LogP contribution in [0.25, 0.3) is 0 Å². The Kier molecular flexibility index (Phi) is 4.11. The normalized spacial score (nSPS) is 10.4. The highest BCUT2D eigenvalue weighted by molar-refractivity contribution is 14.1. The minimum absolute atomic E-state index is 0.230. The zero-order valence-electron chi connectivity index (χ0n) is 9.18. The van der Waals surface area contributed by atoms with Crippen molar-refractivity contribution in [3.63, 3.8) is 0 Å². The number of nitrogens with one attached hydrogen (secondary N) is 1. The molecule has 0 radical (unpaired) electrons. The predicted octanol–water partition coefficient (Wildman–Crippen LogP) is 4.32. The van der Waals surface area contributed by atoms with Gasteiger partial charge in [0.2, 0.25) is 0 Å². The third-order valence-electron chi connectivity index (χ3n) is 2.36. The van der Waals surface area contributed by atoms with E-state index in [1.165, 1.54) is 0 Å². The molecule has 18 heavy (non-hydrogen) atoms. The third kappa shape index (κ3) is 3.16. The topological polar surface area (TPSA) is 12.0 Å². The summed E-state index contributed by atoms with van der Waals surface area (Å²) in [6.45, 7) is 0.230. The lowest BCUT2D eigenvalue weighted by Crippen LogP contribution is -2.02. The monoisotopic (exact) mass is 363 g/mol. The summed E-state index contributed by atoms with van der Waals surface area (Å²) in [7, 11) is 0. The second-order valence-corrected chi connectivity index (χ2v) is 4.98. The molecule has 0 bridgehead atoms. The molecule has 5 heteroatoms. The van der Waals surface area contributed by atoms with Crippen LogP contribution in [0.2, 0.25) is 0 Å². The fourth-order valence-corrected chi connectivity index (χ4v) is 2.06. The maximum absolute atomic E-state index is 13.0. The van der Waals surface area contributed by atoms with Gasteiger partial charge in [0, 0.05) is 15.8 Å². The first-order valence-corrected chi connectivity index (χ1v) is 6.27. The van der Waals surface area contributed by atoms with E-state index in [0.717, 1.165) is 21.4 Å². The second-order valence-electron chi connectivity index (χ2n) is 3.74. The standard InChI is InChI=1S/C13H9F3IN/c14-11-4-8(5-12(15)13(11)16)7-18-10-3-1-2-9(17)6-10/h1-6,18H,7H2. The zero-order chi connectivity index (χ0) is 13.1. The first-order chi connectivity index (χ1) is 8.56. The Balaban J connectivity index is 2.11. The molecule has 2 aromatic carbocycles. The fraction of sp³-hybridized carbons (Fsp3) is 0.0769. The molecule has 0 aliphatic carbocycles. The largest absolute Gasteiger partial charge is 0.381 e. The molecule has 0 saturated carbocycles. The van der Waals surface area contributed by atoms with Crippen LogP contribution in [0.4, 0.5) is 18.9 Å². The number of anilines is 1. The molecule has 0 aliphatic rings. The van der Waals surface area contributed by atoms with E-state index >= 15 is 0 Å². The smallest absolute Gasteiger partial charge is 0.194 e. The number of hydrogen-bond acceptors (Lipinski definition) is 1. The van der Waals surface area contributed by atoms with Crippen molar-refractivity contribution in [1.29, 1.82) is 0 Å². The minimum Gasteiger partial charge on any atom is -0.381 e. The Hall–Kier alpha value is -1.24. The van der Waals surface area contributed by atoms with E-state index < -0.39 is 17.5 Å². The molecule has 2 aromatic rings. The molecule has 0 heterocycles. The average molecular weight is 363 g/mol. The van der Waals surface area contributed by atoms with Crippen molar-refractivity contribution in [3.05, 3.63) is 63.0 Å². The van der Waals surface area contributed by atoms with E-state index in [1.54, 1.807) is 0 Å². The van der Waals surface area contributed by atoms with E-state index in [2.05, 4.69) is 27.9 Å². The second kappa shape index (κ2) is 5.60. The molecular weight excluding hydrogens is 354 g/mol. The molecule has 1 N–H and O–H groups in total. The van der Waals surface area contributed by atoms with Crippen LogP contribution in [0, 0.1) is 21.0 Å². The van der Waals surface area contributed by atoms with Crippen LogP contribution in [0.5, 0.6) is 0 Å². The summed E-state index contributed by atoms with van der Waals surface area (Å²) < 4.78 is 39.8. The van der Waals surface area contributed by atoms with Crippen LogP contribution in [0.3, 0.4) is 0 Å². The van der Waals surface area contributed by atoms with Crippen molar-refractivity contribution in [2.24, 2.45) is 0 Å². The Bertz CT molecular complexity index is 549. The van der Waals surface area contributed by atoms with Gasteiger partial charge in [-0.3, -0.25) is 0 Å². The van der Waals surface area contributed by atoms with E-state index in [9.17, 15) is 13.2 Å². The van der Waals surface area contributed by atoms with Gasteiger partial charge >= 0.3 is 0 Å². The lowest BCUT2D eigenvalue weighted by Gasteiger charge is -2.07. The number of rotatable bonds is 3. The van der Waals surface area contributed by atoms with Gasteiger partial charge in [-0.05, 0) is 58.5 Å². The zero-order valence-corrected chi connectivity index (χ0v) is 11.3. The van der Waals surface area contributed by atoms with E-state index in [4.69, 9.17) is 0 Å². The average Bonchev–Trinajstić information content (AvgIpc) is 2.33. The molecule has 2 rings (SSSR count). The van der Waals surface area contributed by atoms with Crippen molar-refractivity contribution in [2.45, 2.75) is 6.54 Å². The Morgan fingerprint density at radius 2 is 1.67 bits per heavy atom. The summed E-state index contributed by atoms with van der Waals surface area (Å²) >= 11 is 2.17. The quantitative estimate of drug-likeness (QED) is 0.633. The molecule has 0 spiro atoms. The Morgan fingerprint density at radius 3 is 2.28 bits per heavy atom. The van der Waals surface area contributed by atoms with E-state index in [-0.39, 0.29) is 6.54 Å². The number of hydrogen-bond donors (Lipinski definition) is 1. The number of benzene rings is 2. The highest BCUT2D eigenvalue weighted by Gasteiger charge is 2.10. The fourth-order valence-electron chi connectivity index (χ4n) is 1.51. The molecule has 0 fully saturated rings. The van der Waals surface area contributed by atoms with Crippen molar-refractivity contribution in [1.82, 2.24) is 0 Å². The molecule has 0 atom stereocenters. The lowest BCUT2D eigenvalue weighted by molar-refractivity contribution is 0.445. The van der Waals surface area contributed by atoms with E-state index in [0.29, 0.717) is 5.56 Å². The SMILES string of the molecule is Fc1cc(CNc2cccc(I)c2)cc(F)c1F. The summed E-state index contributed by atoms with van der Waals surface area (Å²) in [5.41, 5.74) is 1.19. The van der Waals surface area contributed by atoms with Crippen molar-refractivity contribution >= 4 is 28.3 Å². The van der Waals surface area contributed by atoms with Crippen LogP contribution in [0.1, 0.15) is 5.56 Å². The summed E-state index contributed by atoms with van der Waals surface area (Å²) in [5.74, 6) is -3.78. The van der Waals surface area contributed by atoms with Crippen LogP contribution >= 0.6 is 22.6 Å². The third-order valence-corrected chi connectivity index (χ3v) is 3.04. The van der Waals surface area contributed by atoms with Gasteiger partial charge < -0.3 is 5.32 Å². The van der Waals surface area contributed by atoms with Crippen molar-refractivity contribution in [2.75, 3.05) is 5.32 Å². The van der Waals surface area contributed by atoms with Crippen LogP contribution in [0.15, 0.2) is 36.4 Å². The van der Waals surface area contributed by atoms with Gasteiger partial charge in [0.25, 0.3) is 0 Å². The van der Waals surface area contributed by atoms with Gasteiger partial charge in [0.05, 0.1) is 0 Å². The van der Waals surface area contributed by atoms with Gasteiger partial charge in [0.1, 0.15) is 0 Å². The minimum atomic E-state index is -1.44. The van der Waals surface area contributed by atoms with Crippen LogP contribution < -0.4 is 5.32 Å². The molecular formula is C13H9F3IN. The first-order valence-electron chi connectivity index (χ1n) is 5.19. The molecule has 0 unspecified atom stereocenters. The predicted molar refractivity (Wildman–Crippen MR) is 72.8 cm³/mol. The van der Waals surface area contributed by atoms with Gasteiger partial charge in [-0.25, -0.2) is 13.2 Å². The molecule has 0 aliphatic heterocycles. The summed E-state index contributed by atoms with van der Waals surface area (Å²) in [4.78, 5) is 0. The summed E-state index contributed by atoms with van der Waals surface area (Å²) in [6.07, 6.45) is 0. The van der Waals surface area contributed by atoms with Crippen molar-refractivity contribution in [3.8, 4) is 0 Å². The maximum atomic E-state index is 13.0. The lowest BCUT2D eigenvalue weighted by atomic mass is 10.2. The molecule has 1 nitrogen and oxygen atoms in total. The Labute approximate surface area is 116 Å². The number of halogens is 4. The molecule has 94 valence electrons. The van der Waals surface area contributed by atoms with Gasteiger partial charge in [-0.15, -0.1) is 0 Å². The highest BCUT2D eigenvalue weighted by Crippen LogP contribution is 2.16.